The first kappa shape index (κ1) is 17.5. The van der Waals surface area contributed by atoms with Crippen LogP contribution in [-0.2, 0) is 4.79 Å². The van der Waals surface area contributed by atoms with Gasteiger partial charge < -0.3 is 10.6 Å². The van der Waals surface area contributed by atoms with Crippen molar-refractivity contribution in [2.75, 3.05) is 19.6 Å². The summed E-state index contributed by atoms with van der Waals surface area (Å²) in [5.74, 6) is 1.09. The van der Waals surface area contributed by atoms with Crippen LogP contribution in [0.5, 0.6) is 0 Å². The summed E-state index contributed by atoms with van der Waals surface area (Å²) in [6.07, 6.45) is 4.92. The summed E-state index contributed by atoms with van der Waals surface area (Å²) in [6.45, 7) is 13.9. The van der Waals surface area contributed by atoms with Gasteiger partial charge in [0.2, 0.25) is 5.91 Å². The van der Waals surface area contributed by atoms with Crippen LogP contribution in [0.15, 0.2) is 0 Å². The summed E-state index contributed by atoms with van der Waals surface area (Å²) in [5.41, 5.74) is 6.19. The molecule has 0 aromatic carbocycles. The van der Waals surface area contributed by atoms with Crippen LogP contribution in [-0.4, -0.2) is 30.4 Å². The first-order valence-electron chi connectivity index (χ1n) is 8.13. The van der Waals surface area contributed by atoms with Crippen LogP contribution in [0.4, 0.5) is 0 Å². The lowest BCUT2D eigenvalue weighted by Crippen LogP contribution is -2.41. The van der Waals surface area contributed by atoms with E-state index in [9.17, 15) is 4.79 Å². The highest BCUT2D eigenvalue weighted by atomic mass is 16.2. The van der Waals surface area contributed by atoms with Gasteiger partial charge in [0.1, 0.15) is 0 Å². The van der Waals surface area contributed by atoms with Crippen LogP contribution in [0.1, 0.15) is 66.7 Å². The van der Waals surface area contributed by atoms with E-state index in [0.717, 1.165) is 44.7 Å². The fourth-order valence-electron chi connectivity index (χ4n) is 3.11. The van der Waals surface area contributed by atoms with Gasteiger partial charge in [-0.25, -0.2) is 0 Å². The monoisotopic (exact) mass is 282 g/mol. The molecule has 0 unspecified atom stereocenters. The third-order valence-electron chi connectivity index (χ3n) is 4.91. The van der Waals surface area contributed by atoms with Crippen LogP contribution in [0, 0.1) is 16.7 Å². The lowest BCUT2D eigenvalue weighted by Gasteiger charge is -2.39. The van der Waals surface area contributed by atoms with Crippen molar-refractivity contribution in [1.29, 1.82) is 0 Å². The summed E-state index contributed by atoms with van der Waals surface area (Å²) in [6, 6.07) is 0. The average molecular weight is 282 g/mol. The molecule has 1 heterocycles. The molecule has 2 N–H and O–H groups in total. The van der Waals surface area contributed by atoms with Gasteiger partial charge in [0.05, 0.1) is 0 Å². The molecule has 118 valence electrons. The Labute approximate surface area is 125 Å². The highest BCUT2D eigenvalue weighted by molar-refractivity contribution is 5.76. The van der Waals surface area contributed by atoms with Gasteiger partial charge in [0, 0.05) is 19.5 Å². The van der Waals surface area contributed by atoms with Gasteiger partial charge in [-0.15, -0.1) is 0 Å². The minimum Gasteiger partial charge on any atom is -0.343 e. The largest absolute Gasteiger partial charge is 0.343 e. The molecule has 20 heavy (non-hydrogen) atoms. The molecule has 1 fully saturated rings. The zero-order valence-corrected chi connectivity index (χ0v) is 14.2. The van der Waals surface area contributed by atoms with Crippen LogP contribution >= 0.6 is 0 Å². The molecule has 0 aliphatic carbocycles. The third kappa shape index (κ3) is 5.43. The van der Waals surface area contributed by atoms with Crippen molar-refractivity contribution in [3.8, 4) is 0 Å². The minimum absolute atomic E-state index is 0.189. The second-order valence-electron chi connectivity index (χ2n) is 8.22. The van der Waals surface area contributed by atoms with Crippen LogP contribution in [0.25, 0.3) is 0 Å². The van der Waals surface area contributed by atoms with Crippen LogP contribution < -0.4 is 5.73 Å². The molecule has 1 amide bonds. The molecule has 0 saturated carbocycles. The Bertz CT molecular complexity index is 309. The maximum absolute atomic E-state index is 12.3. The SMILES string of the molecule is CC(C)(CCN)CCC(=O)N1CCC(C(C)(C)C)CC1. The number of carbonyl (C=O) groups is 1. The molecule has 1 rings (SSSR count). The van der Waals surface area contributed by atoms with Gasteiger partial charge in [0.25, 0.3) is 0 Å². The van der Waals surface area contributed by atoms with Crippen molar-refractivity contribution >= 4 is 5.91 Å². The first-order valence-corrected chi connectivity index (χ1v) is 8.13. The second kappa shape index (κ2) is 6.93. The van der Waals surface area contributed by atoms with E-state index in [-0.39, 0.29) is 5.41 Å². The van der Waals surface area contributed by atoms with E-state index in [0.29, 0.717) is 24.3 Å². The van der Waals surface area contributed by atoms with E-state index in [2.05, 4.69) is 39.5 Å². The summed E-state index contributed by atoms with van der Waals surface area (Å²) in [7, 11) is 0. The molecule has 1 saturated heterocycles. The number of likely N-dealkylation sites (tertiary alicyclic amines) is 1. The van der Waals surface area contributed by atoms with Gasteiger partial charge in [-0.05, 0) is 49.0 Å². The second-order valence-corrected chi connectivity index (χ2v) is 8.22. The van der Waals surface area contributed by atoms with Crippen molar-refractivity contribution < 1.29 is 4.79 Å². The minimum atomic E-state index is 0.189. The Balaban J connectivity index is 2.36. The summed E-state index contributed by atoms with van der Waals surface area (Å²) < 4.78 is 0. The van der Waals surface area contributed by atoms with E-state index in [4.69, 9.17) is 5.73 Å². The number of nitrogens with zero attached hydrogens (tertiary/aromatic N) is 1. The maximum Gasteiger partial charge on any atom is 0.222 e. The van der Waals surface area contributed by atoms with Gasteiger partial charge >= 0.3 is 0 Å². The molecule has 0 aromatic heterocycles. The highest BCUT2D eigenvalue weighted by Gasteiger charge is 2.30. The molecule has 0 aromatic rings. The predicted octanol–water partition coefficient (Wildman–Crippen LogP) is 3.43. The molecule has 0 bridgehead atoms. The quantitative estimate of drug-likeness (QED) is 0.839. The normalized spacial score (nSPS) is 18.4. The van der Waals surface area contributed by atoms with Crippen LogP contribution in [0.3, 0.4) is 0 Å². The lowest BCUT2D eigenvalue weighted by molar-refractivity contribution is -0.133. The number of rotatable bonds is 5. The Morgan fingerprint density at radius 3 is 2.10 bits per heavy atom. The van der Waals surface area contributed by atoms with E-state index in [1.165, 1.54) is 0 Å². The van der Waals surface area contributed by atoms with E-state index in [1.807, 2.05) is 0 Å². The maximum atomic E-state index is 12.3. The summed E-state index contributed by atoms with van der Waals surface area (Å²) in [5, 5.41) is 0. The molecule has 3 nitrogen and oxygen atoms in total. The average Bonchev–Trinajstić information content (AvgIpc) is 2.35. The van der Waals surface area contributed by atoms with Gasteiger partial charge in [0.15, 0.2) is 0 Å². The summed E-state index contributed by atoms with van der Waals surface area (Å²) in [4.78, 5) is 14.4. The Morgan fingerprint density at radius 1 is 1.10 bits per heavy atom. The molecule has 0 atom stereocenters. The van der Waals surface area contributed by atoms with Crippen molar-refractivity contribution in [3.05, 3.63) is 0 Å². The van der Waals surface area contributed by atoms with Gasteiger partial charge in [-0.2, -0.15) is 0 Å². The van der Waals surface area contributed by atoms with E-state index < -0.39 is 0 Å². The molecule has 1 aliphatic rings. The Morgan fingerprint density at radius 2 is 1.65 bits per heavy atom. The predicted molar refractivity (Wildman–Crippen MR) is 85.4 cm³/mol. The van der Waals surface area contributed by atoms with Gasteiger partial charge in [-0.3, -0.25) is 4.79 Å². The smallest absolute Gasteiger partial charge is 0.222 e. The number of nitrogens with two attached hydrogens (primary N) is 1. The fourth-order valence-corrected chi connectivity index (χ4v) is 3.11. The van der Waals surface area contributed by atoms with E-state index >= 15 is 0 Å². The van der Waals surface area contributed by atoms with Gasteiger partial charge in [-0.1, -0.05) is 34.6 Å². The number of piperidine rings is 1. The zero-order chi connectivity index (χ0) is 15.4. The standard InChI is InChI=1S/C17H34N2O/c1-16(2,3)14-7-12-19(13-8-14)15(20)6-9-17(4,5)10-11-18/h14H,6-13,18H2,1-5H3. The number of carbonyl (C=O) groups excluding carboxylic acids is 1. The number of amides is 1. The van der Waals surface area contributed by atoms with Crippen molar-refractivity contribution in [1.82, 2.24) is 4.90 Å². The molecule has 3 heteroatoms. The lowest BCUT2D eigenvalue weighted by atomic mass is 9.75. The first-order chi connectivity index (χ1) is 9.15. The zero-order valence-electron chi connectivity index (χ0n) is 14.2. The van der Waals surface area contributed by atoms with Crippen LogP contribution in [0.2, 0.25) is 0 Å². The Hall–Kier alpha value is -0.570. The topological polar surface area (TPSA) is 46.3 Å². The van der Waals surface area contributed by atoms with E-state index in [1.54, 1.807) is 0 Å². The van der Waals surface area contributed by atoms with Crippen molar-refractivity contribution in [2.24, 2.45) is 22.5 Å². The van der Waals surface area contributed by atoms with Crippen molar-refractivity contribution in [3.63, 3.8) is 0 Å². The van der Waals surface area contributed by atoms with Crippen molar-refractivity contribution in [2.45, 2.75) is 66.7 Å². The fraction of sp³-hybridized carbons (Fsp3) is 0.941. The molecule has 0 spiro atoms. The summed E-state index contributed by atoms with van der Waals surface area (Å²) >= 11 is 0. The molecular weight excluding hydrogens is 248 g/mol. The Kier molecular flexibility index (Phi) is 6.06. The third-order valence-corrected chi connectivity index (χ3v) is 4.91. The molecule has 0 radical (unpaired) electrons. The molecule has 1 aliphatic heterocycles. The highest BCUT2D eigenvalue weighted by Crippen LogP contribution is 2.34. The number of hydrogen-bond acceptors (Lipinski definition) is 2. The number of hydrogen-bond donors (Lipinski definition) is 1. The molecular formula is C17H34N2O.